The molecule has 1 aliphatic carbocycles. The van der Waals surface area contributed by atoms with Gasteiger partial charge in [0.25, 0.3) is 0 Å². The monoisotopic (exact) mass is 381 g/mol. The zero-order chi connectivity index (χ0) is 18.9. The van der Waals surface area contributed by atoms with E-state index in [1.807, 2.05) is 6.92 Å². The van der Waals surface area contributed by atoms with Gasteiger partial charge in [-0.15, -0.1) is 0 Å². The predicted octanol–water partition coefficient (Wildman–Crippen LogP) is 3.96. The second-order valence-electron chi connectivity index (χ2n) is 6.55. The Balaban J connectivity index is 1.94. The molecule has 2 aromatic carbocycles. The lowest BCUT2D eigenvalue weighted by Crippen LogP contribution is -2.39. The maximum Gasteiger partial charge on any atom is 0.243 e. The zero-order valence-electron chi connectivity index (χ0n) is 14.7. The van der Waals surface area contributed by atoms with E-state index in [0.717, 1.165) is 36.6 Å². The van der Waals surface area contributed by atoms with Crippen molar-refractivity contribution >= 4 is 10.0 Å². The van der Waals surface area contributed by atoms with E-state index in [0.29, 0.717) is 5.75 Å². The minimum atomic E-state index is -3.96. The quantitative estimate of drug-likeness (QED) is 0.729. The molecular formula is C19H21F2NO3S. The van der Waals surface area contributed by atoms with Gasteiger partial charge in [-0.2, -0.15) is 4.31 Å². The van der Waals surface area contributed by atoms with Crippen LogP contribution in [0.5, 0.6) is 5.75 Å². The molecule has 0 aliphatic heterocycles. The van der Waals surface area contributed by atoms with E-state index in [-0.39, 0.29) is 23.4 Å². The first-order chi connectivity index (χ1) is 12.3. The van der Waals surface area contributed by atoms with E-state index in [9.17, 15) is 17.2 Å². The summed E-state index contributed by atoms with van der Waals surface area (Å²) in [6.07, 6.45) is 1.93. The second-order valence-corrected chi connectivity index (χ2v) is 8.44. The van der Waals surface area contributed by atoms with Gasteiger partial charge in [0, 0.05) is 12.6 Å². The third-order valence-electron chi connectivity index (χ3n) is 4.75. The molecule has 26 heavy (non-hydrogen) atoms. The van der Waals surface area contributed by atoms with E-state index >= 15 is 0 Å². The van der Waals surface area contributed by atoms with Gasteiger partial charge in [-0.3, -0.25) is 0 Å². The maximum atomic E-state index is 13.6. The molecule has 0 radical (unpaired) electrons. The van der Waals surface area contributed by atoms with Crippen LogP contribution in [-0.4, -0.2) is 25.9 Å². The van der Waals surface area contributed by atoms with Crippen LogP contribution in [0.4, 0.5) is 8.78 Å². The van der Waals surface area contributed by atoms with Crippen molar-refractivity contribution in [3.05, 3.63) is 59.7 Å². The summed E-state index contributed by atoms with van der Waals surface area (Å²) in [5, 5.41) is 0. The molecule has 0 N–H and O–H groups in total. The lowest BCUT2D eigenvalue weighted by atomic mass is 10.1. The van der Waals surface area contributed by atoms with Crippen LogP contribution in [0, 0.1) is 17.6 Å². The van der Waals surface area contributed by atoms with Gasteiger partial charge < -0.3 is 4.74 Å². The molecule has 4 nitrogen and oxygen atoms in total. The SMILES string of the molecule is COc1ccc(CN(C(C)C2CC2)S(=O)(=O)c2ccc(F)c(F)c2)cc1. The molecule has 0 heterocycles. The minimum absolute atomic E-state index is 0.156. The molecule has 0 amide bonds. The normalized spacial score (nSPS) is 15.9. The average Bonchev–Trinajstić information content (AvgIpc) is 3.47. The highest BCUT2D eigenvalue weighted by Crippen LogP contribution is 2.38. The summed E-state index contributed by atoms with van der Waals surface area (Å²) in [7, 11) is -2.40. The van der Waals surface area contributed by atoms with Crippen molar-refractivity contribution in [1.82, 2.24) is 4.31 Å². The number of rotatable bonds is 7. The fraction of sp³-hybridized carbons (Fsp3) is 0.368. The highest BCUT2D eigenvalue weighted by molar-refractivity contribution is 7.89. The molecule has 1 unspecified atom stereocenters. The van der Waals surface area contributed by atoms with Crippen LogP contribution in [0.15, 0.2) is 47.4 Å². The fourth-order valence-electron chi connectivity index (χ4n) is 2.95. The van der Waals surface area contributed by atoms with Crippen molar-refractivity contribution in [1.29, 1.82) is 0 Å². The van der Waals surface area contributed by atoms with Gasteiger partial charge in [0.15, 0.2) is 11.6 Å². The Morgan fingerprint density at radius 2 is 1.77 bits per heavy atom. The maximum absolute atomic E-state index is 13.6. The van der Waals surface area contributed by atoms with Gasteiger partial charge in [-0.1, -0.05) is 12.1 Å². The van der Waals surface area contributed by atoms with Gasteiger partial charge >= 0.3 is 0 Å². The van der Waals surface area contributed by atoms with Gasteiger partial charge in [0.05, 0.1) is 12.0 Å². The third-order valence-corrected chi connectivity index (χ3v) is 6.68. The number of halogens is 2. The van der Waals surface area contributed by atoms with Crippen LogP contribution in [0.3, 0.4) is 0 Å². The minimum Gasteiger partial charge on any atom is -0.497 e. The van der Waals surface area contributed by atoms with Crippen molar-refractivity contribution in [2.45, 2.75) is 37.2 Å². The number of hydrogen-bond donors (Lipinski definition) is 0. The van der Waals surface area contributed by atoms with Crippen molar-refractivity contribution in [3.63, 3.8) is 0 Å². The van der Waals surface area contributed by atoms with Crippen LogP contribution in [0.25, 0.3) is 0 Å². The first kappa shape index (κ1) is 18.8. The summed E-state index contributed by atoms with van der Waals surface area (Å²) in [6, 6.07) is 9.59. The number of nitrogens with zero attached hydrogens (tertiary/aromatic N) is 1. The molecule has 2 aromatic rings. The molecule has 1 saturated carbocycles. The largest absolute Gasteiger partial charge is 0.497 e. The average molecular weight is 381 g/mol. The van der Waals surface area contributed by atoms with Crippen LogP contribution < -0.4 is 4.74 Å². The third kappa shape index (κ3) is 3.88. The molecule has 0 bridgehead atoms. The molecule has 3 rings (SSSR count). The predicted molar refractivity (Wildman–Crippen MR) is 94.3 cm³/mol. The molecule has 0 aromatic heterocycles. The fourth-order valence-corrected chi connectivity index (χ4v) is 4.64. The second kappa shape index (κ2) is 7.32. The summed E-state index contributed by atoms with van der Waals surface area (Å²) in [5.74, 6) is -1.28. The Morgan fingerprint density at radius 1 is 1.12 bits per heavy atom. The number of benzene rings is 2. The first-order valence-electron chi connectivity index (χ1n) is 8.42. The summed E-state index contributed by atoms with van der Waals surface area (Å²) in [4.78, 5) is -0.239. The van der Waals surface area contributed by atoms with Gasteiger partial charge in [0.2, 0.25) is 10.0 Å². The Hall–Kier alpha value is -1.99. The van der Waals surface area contributed by atoms with Crippen LogP contribution >= 0.6 is 0 Å². The Bertz CT molecular complexity index is 880. The summed E-state index contributed by atoms with van der Waals surface area (Å²) in [6.45, 7) is 2.02. The van der Waals surface area contributed by atoms with Gasteiger partial charge in [0.1, 0.15) is 5.75 Å². The number of ether oxygens (including phenoxy) is 1. The topological polar surface area (TPSA) is 46.6 Å². The van der Waals surface area contributed by atoms with Gasteiger partial charge in [-0.05, 0) is 61.6 Å². The number of methoxy groups -OCH3 is 1. The van der Waals surface area contributed by atoms with E-state index in [2.05, 4.69) is 0 Å². The standard InChI is InChI=1S/C19H21F2NO3S/c1-13(15-5-6-15)22(12-14-3-7-16(25-2)8-4-14)26(23,24)17-9-10-18(20)19(21)11-17/h3-4,7-11,13,15H,5-6,12H2,1-2H3. The zero-order valence-corrected chi connectivity index (χ0v) is 15.5. The Labute approximate surface area is 152 Å². The highest BCUT2D eigenvalue weighted by atomic mass is 32.2. The first-order valence-corrected chi connectivity index (χ1v) is 9.86. The van der Waals surface area contributed by atoms with E-state index in [4.69, 9.17) is 4.74 Å². The molecule has 0 saturated heterocycles. The van der Waals surface area contributed by atoms with Crippen molar-refractivity contribution < 1.29 is 21.9 Å². The summed E-state index contributed by atoms with van der Waals surface area (Å²) < 4.78 is 59.5. The molecule has 1 fully saturated rings. The summed E-state index contributed by atoms with van der Waals surface area (Å²) in [5.41, 5.74) is 0.796. The molecule has 1 atom stereocenters. The summed E-state index contributed by atoms with van der Waals surface area (Å²) >= 11 is 0. The number of hydrogen-bond acceptors (Lipinski definition) is 3. The van der Waals surface area contributed by atoms with Crippen LogP contribution in [0.1, 0.15) is 25.3 Å². The van der Waals surface area contributed by atoms with Crippen LogP contribution in [0.2, 0.25) is 0 Å². The van der Waals surface area contributed by atoms with E-state index in [1.54, 1.807) is 31.4 Å². The highest BCUT2D eigenvalue weighted by Gasteiger charge is 2.38. The van der Waals surface area contributed by atoms with Crippen molar-refractivity contribution in [2.75, 3.05) is 7.11 Å². The van der Waals surface area contributed by atoms with Crippen molar-refractivity contribution in [3.8, 4) is 5.75 Å². The molecular weight excluding hydrogens is 360 g/mol. The van der Waals surface area contributed by atoms with Crippen molar-refractivity contribution in [2.24, 2.45) is 5.92 Å². The lowest BCUT2D eigenvalue weighted by Gasteiger charge is -2.28. The van der Waals surface area contributed by atoms with E-state index in [1.165, 1.54) is 4.31 Å². The van der Waals surface area contributed by atoms with Gasteiger partial charge in [-0.25, -0.2) is 17.2 Å². The molecule has 7 heteroatoms. The Morgan fingerprint density at radius 3 is 2.31 bits per heavy atom. The molecule has 140 valence electrons. The molecule has 1 aliphatic rings. The van der Waals surface area contributed by atoms with Crippen LogP contribution in [-0.2, 0) is 16.6 Å². The Kier molecular flexibility index (Phi) is 5.29. The number of sulfonamides is 1. The lowest BCUT2D eigenvalue weighted by molar-refractivity contribution is 0.302. The smallest absolute Gasteiger partial charge is 0.243 e. The van der Waals surface area contributed by atoms with E-state index < -0.39 is 21.7 Å². The molecule has 0 spiro atoms.